The summed E-state index contributed by atoms with van der Waals surface area (Å²) in [5.74, 6) is 0. The topological polar surface area (TPSA) is 47.9 Å². The van der Waals surface area contributed by atoms with Gasteiger partial charge in [0.2, 0.25) is 0 Å². The van der Waals surface area contributed by atoms with E-state index in [0.717, 1.165) is 17.0 Å². The molecular weight excluding hydrogens is 230 g/mol. The minimum Gasteiger partial charge on any atom is -0.392 e. The van der Waals surface area contributed by atoms with E-state index < -0.39 is 0 Å². The van der Waals surface area contributed by atoms with Gasteiger partial charge in [0.25, 0.3) is 0 Å². The summed E-state index contributed by atoms with van der Waals surface area (Å²) in [6.45, 7) is 0.861. The second kappa shape index (κ2) is 5.87. The predicted molar refractivity (Wildman–Crippen MR) is 69.5 cm³/mol. The first kappa shape index (κ1) is 12.2. The molecule has 2 aromatic rings. The third-order valence-electron chi connectivity index (χ3n) is 2.60. The average Bonchev–Trinajstić information content (AvgIpc) is 2.40. The number of quaternary nitrogens is 1. The first-order valence-corrected chi connectivity index (χ1v) is 6.40. The van der Waals surface area contributed by atoms with E-state index in [9.17, 15) is 5.11 Å². The van der Waals surface area contributed by atoms with Gasteiger partial charge in [-0.25, -0.2) is 0 Å². The van der Waals surface area contributed by atoms with Crippen molar-refractivity contribution in [2.75, 3.05) is 0 Å². The molecule has 0 fully saturated rings. The average molecular weight is 246 g/mol. The van der Waals surface area contributed by atoms with E-state index in [1.807, 2.05) is 36.4 Å². The molecule has 17 heavy (non-hydrogen) atoms. The first-order chi connectivity index (χ1) is 8.35. The summed E-state index contributed by atoms with van der Waals surface area (Å²) in [6.07, 6.45) is 0. The molecule has 0 aliphatic rings. The Balaban J connectivity index is 2.31. The Morgan fingerprint density at radius 1 is 0.882 bits per heavy atom. The lowest BCUT2D eigenvalue weighted by Crippen LogP contribution is -2.47. The van der Waals surface area contributed by atoms with Gasteiger partial charge in [-0.1, -0.05) is 48.2 Å². The Bertz CT molecular complexity index is 454. The van der Waals surface area contributed by atoms with Gasteiger partial charge in [0, 0.05) is 15.4 Å². The summed E-state index contributed by atoms with van der Waals surface area (Å²) in [5.41, 5.74) is 6.15. The maximum absolute atomic E-state index is 9.30. The van der Waals surface area contributed by atoms with Crippen LogP contribution in [0.4, 0.5) is 0 Å². The molecule has 0 unspecified atom stereocenters. The minimum atomic E-state index is 0.0791. The maximum Gasteiger partial charge on any atom is 0.101 e. The summed E-state index contributed by atoms with van der Waals surface area (Å²) in [6, 6.07) is 16.2. The lowest BCUT2D eigenvalue weighted by molar-refractivity contribution is -0.387. The zero-order chi connectivity index (χ0) is 12.1. The second-order valence-electron chi connectivity index (χ2n) is 3.73. The highest BCUT2D eigenvalue weighted by molar-refractivity contribution is 7.99. The van der Waals surface area contributed by atoms with Crippen molar-refractivity contribution in [3.63, 3.8) is 0 Å². The SMILES string of the molecule is [NH3+]Cc1ccccc1Sc1ccccc1CO. The fourth-order valence-corrected chi connectivity index (χ4v) is 2.76. The zero-order valence-electron chi connectivity index (χ0n) is 9.60. The van der Waals surface area contributed by atoms with Gasteiger partial charge in [-0.2, -0.15) is 0 Å². The van der Waals surface area contributed by atoms with Gasteiger partial charge < -0.3 is 10.8 Å². The Labute approximate surface area is 105 Å². The van der Waals surface area contributed by atoms with Crippen LogP contribution in [0.15, 0.2) is 58.3 Å². The highest BCUT2D eigenvalue weighted by Gasteiger charge is 2.06. The number of hydrogen-bond acceptors (Lipinski definition) is 2. The smallest absolute Gasteiger partial charge is 0.101 e. The van der Waals surface area contributed by atoms with Crippen LogP contribution in [0.1, 0.15) is 11.1 Å². The van der Waals surface area contributed by atoms with E-state index in [-0.39, 0.29) is 6.61 Å². The molecule has 2 rings (SSSR count). The van der Waals surface area contributed by atoms with Gasteiger partial charge in [0.15, 0.2) is 0 Å². The molecular formula is C14H16NOS+. The van der Waals surface area contributed by atoms with E-state index in [1.165, 1.54) is 10.5 Å². The van der Waals surface area contributed by atoms with Crippen molar-refractivity contribution in [3.05, 3.63) is 59.7 Å². The van der Waals surface area contributed by atoms with Crippen molar-refractivity contribution in [1.82, 2.24) is 0 Å². The summed E-state index contributed by atoms with van der Waals surface area (Å²) in [4.78, 5) is 2.32. The minimum absolute atomic E-state index is 0.0791. The van der Waals surface area contributed by atoms with Crippen LogP contribution in [0, 0.1) is 0 Å². The van der Waals surface area contributed by atoms with Gasteiger partial charge in [-0.3, -0.25) is 0 Å². The molecule has 0 aliphatic carbocycles. The number of aliphatic hydroxyl groups excluding tert-OH is 1. The highest BCUT2D eigenvalue weighted by atomic mass is 32.2. The van der Waals surface area contributed by atoms with Gasteiger partial charge in [0.05, 0.1) is 6.61 Å². The molecule has 0 saturated heterocycles. The standard InChI is InChI=1S/C14H15NOS/c15-9-11-5-1-3-7-13(11)17-14-8-4-2-6-12(14)10-16/h1-8,16H,9-10,15H2/p+1. The van der Waals surface area contributed by atoms with Crippen LogP contribution in [-0.2, 0) is 13.2 Å². The van der Waals surface area contributed by atoms with Crippen LogP contribution < -0.4 is 5.73 Å². The molecule has 0 spiro atoms. The van der Waals surface area contributed by atoms with E-state index in [4.69, 9.17) is 0 Å². The van der Waals surface area contributed by atoms with Crippen LogP contribution in [0.5, 0.6) is 0 Å². The molecule has 2 aromatic carbocycles. The second-order valence-corrected chi connectivity index (χ2v) is 4.81. The third-order valence-corrected chi connectivity index (χ3v) is 3.84. The number of benzene rings is 2. The fraction of sp³-hybridized carbons (Fsp3) is 0.143. The molecule has 0 aliphatic heterocycles. The number of rotatable bonds is 4. The van der Waals surface area contributed by atoms with Crippen molar-refractivity contribution in [2.45, 2.75) is 22.9 Å². The molecule has 0 aromatic heterocycles. The predicted octanol–water partition coefficient (Wildman–Crippen LogP) is 2.07. The van der Waals surface area contributed by atoms with Gasteiger partial charge >= 0.3 is 0 Å². The lowest BCUT2D eigenvalue weighted by Gasteiger charge is -2.09. The van der Waals surface area contributed by atoms with Crippen molar-refractivity contribution in [1.29, 1.82) is 0 Å². The van der Waals surface area contributed by atoms with Gasteiger partial charge in [-0.15, -0.1) is 0 Å². The normalized spacial score (nSPS) is 10.5. The highest BCUT2D eigenvalue weighted by Crippen LogP contribution is 2.32. The molecule has 0 radical (unpaired) electrons. The molecule has 0 heterocycles. The van der Waals surface area contributed by atoms with Gasteiger partial charge in [0.1, 0.15) is 6.54 Å². The largest absolute Gasteiger partial charge is 0.392 e. The van der Waals surface area contributed by atoms with E-state index >= 15 is 0 Å². The van der Waals surface area contributed by atoms with Gasteiger partial charge in [-0.05, 0) is 17.7 Å². The Hall–Kier alpha value is -1.29. The van der Waals surface area contributed by atoms with E-state index in [1.54, 1.807) is 11.8 Å². The summed E-state index contributed by atoms with van der Waals surface area (Å²) >= 11 is 1.69. The van der Waals surface area contributed by atoms with Crippen LogP contribution in [0.25, 0.3) is 0 Å². The molecule has 0 amide bonds. The molecule has 2 nitrogen and oxygen atoms in total. The lowest BCUT2D eigenvalue weighted by atomic mass is 10.2. The van der Waals surface area contributed by atoms with Crippen molar-refractivity contribution >= 4 is 11.8 Å². The van der Waals surface area contributed by atoms with Crippen molar-refractivity contribution in [3.8, 4) is 0 Å². The Morgan fingerprint density at radius 2 is 1.41 bits per heavy atom. The monoisotopic (exact) mass is 246 g/mol. The van der Waals surface area contributed by atoms with Crippen molar-refractivity contribution < 1.29 is 10.8 Å². The maximum atomic E-state index is 9.30. The van der Waals surface area contributed by atoms with E-state index in [0.29, 0.717) is 0 Å². The van der Waals surface area contributed by atoms with Crippen LogP contribution in [-0.4, -0.2) is 5.11 Å². The summed E-state index contributed by atoms with van der Waals surface area (Å²) < 4.78 is 0. The van der Waals surface area contributed by atoms with Crippen LogP contribution in [0.2, 0.25) is 0 Å². The van der Waals surface area contributed by atoms with E-state index in [2.05, 4.69) is 17.9 Å². The zero-order valence-corrected chi connectivity index (χ0v) is 10.4. The molecule has 4 N–H and O–H groups in total. The van der Waals surface area contributed by atoms with Crippen LogP contribution >= 0.6 is 11.8 Å². The molecule has 0 bridgehead atoms. The fourth-order valence-electron chi connectivity index (χ4n) is 1.66. The quantitative estimate of drug-likeness (QED) is 0.867. The Kier molecular flexibility index (Phi) is 4.20. The Morgan fingerprint density at radius 3 is 2.00 bits per heavy atom. The molecule has 0 atom stereocenters. The molecule has 3 heteroatoms. The number of hydrogen-bond donors (Lipinski definition) is 2. The van der Waals surface area contributed by atoms with Crippen LogP contribution in [0.3, 0.4) is 0 Å². The summed E-state index contributed by atoms with van der Waals surface area (Å²) in [7, 11) is 0. The third kappa shape index (κ3) is 2.88. The number of aliphatic hydroxyl groups is 1. The molecule has 0 saturated carbocycles. The summed E-state index contributed by atoms with van der Waals surface area (Å²) in [5, 5.41) is 9.30. The first-order valence-electron chi connectivity index (χ1n) is 5.59. The molecule has 88 valence electrons. The van der Waals surface area contributed by atoms with Crippen molar-refractivity contribution in [2.24, 2.45) is 0 Å².